The van der Waals surface area contributed by atoms with E-state index in [1.165, 1.54) is 11.8 Å². The van der Waals surface area contributed by atoms with Crippen molar-refractivity contribution in [1.82, 2.24) is 0 Å². The van der Waals surface area contributed by atoms with Crippen molar-refractivity contribution in [1.29, 1.82) is 0 Å². The van der Waals surface area contributed by atoms with Crippen LogP contribution in [0.25, 0.3) is 0 Å². The van der Waals surface area contributed by atoms with Gasteiger partial charge < -0.3 is 5.11 Å². The Bertz CT molecular complexity index is 297. The van der Waals surface area contributed by atoms with Gasteiger partial charge in [-0.05, 0) is 31.2 Å². The SMILES string of the molecule is C[C@H](Sc1ccc(Cl)cc1)C(=O)O. The smallest absolute Gasteiger partial charge is 0.316 e. The first-order chi connectivity index (χ1) is 6.09. The fourth-order valence-electron chi connectivity index (χ4n) is 0.768. The first kappa shape index (κ1) is 10.4. The second kappa shape index (κ2) is 4.53. The average Bonchev–Trinajstić information content (AvgIpc) is 2.08. The van der Waals surface area contributed by atoms with Crippen molar-refractivity contribution in [3.63, 3.8) is 0 Å². The van der Waals surface area contributed by atoms with Gasteiger partial charge in [-0.1, -0.05) is 11.6 Å². The maximum Gasteiger partial charge on any atom is 0.316 e. The van der Waals surface area contributed by atoms with Gasteiger partial charge in [0.2, 0.25) is 0 Å². The van der Waals surface area contributed by atoms with Gasteiger partial charge in [-0.2, -0.15) is 0 Å². The van der Waals surface area contributed by atoms with Gasteiger partial charge >= 0.3 is 5.97 Å². The van der Waals surface area contributed by atoms with E-state index in [1.807, 2.05) is 12.1 Å². The van der Waals surface area contributed by atoms with Gasteiger partial charge in [-0.15, -0.1) is 11.8 Å². The van der Waals surface area contributed by atoms with Crippen LogP contribution < -0.4 is 0 Å². The van der Waals surface area contributed by atoms with E-state index in [1.54, 1.807) is 19.1 Å². The zero-order valence-electron chi connectivity index (χ0n) is 7.03. The van der Waals surface area contributed by atoms with E-state index in [2.05, 4.69) is 0 Å². The Morgan fingerprint density at radius 3 is 2.46 bits per heavy atom. The molecule has 0 bridgehead atoms. The first-order valence-corrected chi connectivity index (χ1v) is 5.00. The maximum absolute atomic E-state index is 10.5. The Balaban J connectivity index is 2.64. The number of carbonyl (C=O) groups is 1. The molecule has 2 nitrogen and oxygen atoms in total. The Morgan fingerprint density at radius 1 is 1.46 bits per heavy atom. The molecule has 4 heteroatoms. The lowest BCUT2D eigenvalue weighted by molar-refractivity contribution is -0.136. The molecule has 0 fully saturated rings. The van der Waals surface area contributed by atoms with Crippen LogP contribution in [0.15, 0.2) is 29.2 Å². The molecule has 1 rings (SSSR count). The minimum absolute atomic E-state index is 0.429. The summed E-state index contributed by atoms with van der Waals surface area (Å²) in [6.45, 7) is 1.65. The number of thioether (sulfide) groups is 1. The van der Waals surface area contributed by atoms with Crippen LogP contribution in [0.4, 0.5) is 0 Å². The number of carboxylic acids is 1. The van der Waals surface area contributed by atoms with Gasteiger partial charge in [0.15, 0.2) is 0 Å². The summed E-state index contributed by atoms with van der Waals surface area (Å²) in [5.74, 6) is -0.806. The highest BCUT2D eigenvalue weighted by Gasteiger charge is 2.11. The molecule has 0 amide bonds. The van der Waals surface area contributed by atoms with Crippen LogP contribution in [0.5, 0.6) is 0 Å². The Kier molecular flexibility index (Phi) is 3.63. The van der Waals surface area contributed by atoms with Crippen LogP contribution in [-0.2, 0) is 4.79 Å². The molecule has 0 saturated heterocycles. The second-order valence-corrected chi connectivity index (χ2v) is 4.40. The summed E-state index contributed by atoms with van der Waals surface area (Å²) in [5, 5.41) is 8.88. The number of aliphatic carboxylic acids is 1. The van der Waals surface area contributed by atoms with E-state index in [-0.39, 0.29) is 0 Å². The van der Waals surface area contributed by atoms with Crippen molar-refractivity contribution in [3.8, 4) is 0 Å². The average molecular weight is 217 g/mol. The molecule has 1 N–H and O–H groups in total. The molecule has 0 unspecified atom stereocenters. The first-order valence-electron chi connectivity index (χ1n) is 3.74. The second-order valence-electron chi connectivity index (χ2n) is 2.55. The van der Waals surface area contributed by atoms with Gasteiger partial charge in [-0.3, -0.25) is 4.79 Å². The molecule has 0 heterocycles. The van der Waals surface area contributed by atoms with E-state index in [4.69, 9.17) is 16.7 Å². The Hall–Kier alpha value is -0.670. The summed E-state index contributed by atoms with van der Waals surface area (Å²) in [4.78, 5) is 11.4. The third kappa shape index (κ3) is 3.28. The largest absolute Gasteiger partial charge is 0.480 e. The lowest BCUT2D eigenvalue weighted by Gasteiger charge is -2.05. The highest BCUT2D eigenvalue weighted by molar-refractivity contribution is 8.00. The van der Waals surface area contributed by atoms with Gasteiger partial charge in [0.1, 0.15) is 5.25 Å². The quantitative estimate of drug-likeness (QED) is 0.790. The summed E-state index contributed by atoms with van der Waals surface area (Å²) >= 11 is 6.99. The predicted molar refractivity (Wildman–Crippen MR) is 54.4 cm³/mol. The van der Waals surface area contributed by atoms with Gasteiger partial charge in [0.25, 0.3) is 0 Å². The van der Waals surface area contributed by atoms with Gasteiger partial charge in [-0.25, -0.2) is 0 Å². The van der Waals surface area contributed by atoms with Crippen molar-refractivity contribution >= 4 is 29.3 Å². The minimum atomic E-state index is -0.806. The molecule has 0 aliphatic carbocycles. The number of hydrogen-bond donors (Lipinski definition) is 1. The topological polar surface area (TPSA) is 37.3 Å². The van der Waals surface area contributed by atoms with E-state index in [9.17, 15) is 4.79 Å². The van der Waals surface area contributed by atoms with Crippen molar-refractivity contribution in [3.05, 3.63) is 29.3 Å². The zero-order chi connectivity index (χ0) is 9.84. The maximum atomic E-state index is 10.5. The molecule has 0 radical (unpaired) electrons. The molecule has 70 valence electrons. The molecule has 0 saturated carbocycles. The third-order valence-electron chi connectivity index (χ3n) is 1.47. The molecule has 0 aliphatic heterocycles. The van der Waals surface area contributed by atoms with E-state index in [0.717, 1.165) is 4.90 Å². The summed E-state index contributed by atoms with van der Waals surface area (Å²) in [6.07, 6.45) is 0. The number of benzene rings is 1. The summed E-state index contributed by atoms with van der Waals surface area (Å²) < 4.78 is 0. The minimum Gasteiger partial charge on any atom is -0.480 e. The van der Waals surface area contributed by atoms with E-state index in [0.29, 0.717) is 5.02 Å². The molecule has 0 aromatic heterocycles. The number of hydrogen-bond acceptors (Lipinski definition) is 2. The van der Waals surface area contributed by atoms with E-state index < -0.39 is 11.2 Å². The Morgan fingerprint density at radius 2 is 2.00 bits per heavy atom. The fraction of sp³-hybridized carbons (Fsp3) is 0.222. The molecule has 1 atom stereocenters. The molecular weight excluding hydrogens is 208 g/mol. The predicted octanol–water partition coefficient (Wildman–Crippen LogP) is 2.91. The van der Waals surface area contributed by atoms with Crippen molar-refractivity contribution in [2.45, 2.75) is 17.1 Å². The van der Waals surface area contributed by atoms with Crippen LogP contribution in [0.2, 0.25) is 5.02 Å². The van der Waals surface area contributed by atoms with E-state index >= 15 is 0 Å². The normalized spacial score (nSPS) is 12.5. The standard InChI is InChI=1S/C9H9ClO2S/c1-6(9(11)12)13-8-4-2-7(10)3-5-8/h2-6H,1H3,(H,11,12)/t6-/m0/s1. The lowest BCUT2D eigenvalue weighted by atomic mass is 10.4. The van der Waals surface area contributed by atoms with Crippen molar-refractivity contribution in [2.75, 3.05) is 0 Å². The third-order valence-corrected chi connectivity index (χ3v) is 2.83. The molecule has 13 heavy (non-hydrogen) atoms. The van der Waals surface area contributed by atoms with Crippen LogP contribution in [-0.4, -0.2) is 16.3 Å². The fourth-order valence-corrected chi connectivity index (χ4v) is 1.70. The number of rotatable bonds is 3. The highest BCUT2D eigenvalue weighted by Crippen LogP contribution is 2.24. The monoisotopic (exact) mass is 216 g/mol. The summed E-state index contributed by atoms with van der Waals surface area (Å²) in [5.41, 5.74) is 0. The van der Waals surface area contributed by atoms with Crippen molar-refractivity contribution in [2.24, 2.45) is 0 Å². The summed E-state index contributed by atoms with van der Waals surface area (Å²) in [7, 11) is 0. The van der Waals surface area contributed by atoms with Crippen LogP contribution in [0.3, 0.4) is 0 Å². The van der Waals surface area contributed by atoms with Gasteiger partial charge in [0.05, 0.1) is 0 Å². The number of halogens is 1. The lowest BCUT2D eigenvalue weighted by Crippen LogP contribution is -2.10. The van der Waals surface area contributed by atoms with Crippen LogP contribution >= 0.6 is 23.4 Å². The Labute approximate surface area is 85.9 Å². The van der Waals surface area contributed by atoms with Crippen LogP contribution in [0.1, 0.15) is 6.92 Å². The molecule has 0 spiro atoms. The van der Waals surface area contributed by atoms with Crippen LogP contribution in [0, 0.1) is 0 Å². The van der Waals surface area contributed by atoms with Crippen molar-refractivity contribution < 1.29 is 9.90 Å². The molecule has 0 aliphatic rings. The zero-order valence-corrected chi connectivity index (χ0v) is 8.60. The van der Waals surface area contributed by atoms with Gasteiger partial charge in [0, 0.05) is 9.92 Å². The highest BCUT2D eigenvalue weighted by atomic mass is 35.5. The molecule has 1 aromatic rings. The summed E-state index contributed by atoms with van der Waals surface area (Å²) in [6, 6.07) is 7.12. The molecular formula is C9H9ClO2S. The number of carboxylic acid groups (broad SMARTS) is 1. The molecule has 1 aromatic carbocycles.